The Bertz CT molecular complexity index is 1070. The van der Waals surface area contributed by atoms with Gasteiger partial charge in [0.1, 0.15) is 0 Å². The lowest BCUT2D eigenvalue weighted by Crippen LogP contribution is -2.12. The van der Waals surface area contributed by atoms with Crippen LogP contribution in [0.25, 0.3) is 22.3 Å². The summed E-state index contributed by atoms with van der Waals surface area (Å²) < 4.78 is 1.85. The van der Waals surface area contributed by atoms with Gasteiger partial charge in [0.15, 0.2) is 11.2 Å². The van der Waals surface area contributed by atoms with Crippen LogP contribution in [0.4, 0.5) is 5.95 Å². The third-order valence-corrected chi connectivity index (χ3v) is 4.20. The zero-order valence-corrected chi connectivity index (χ0v) is 14.7. The molecule has 2 aromatic heterocycles. The van der Waals surface area contributed by atoms with E-state index in [9.17, 15) is 4.79 Å². The van der Waals surface area contributed by atoms with Crippen molar-refractivity contribution in [3.05, 3.63) is 76.8 Å². The Balaban J connectivity index is 0.00000196. The first-order valence-electron chi connectivity index (χ1n) is 8.06. The average Bonchev–Trinajstić information content (AvgIpc) is 3.04. The number of fused-ring (bicyclic) bond motifs is 1. The van der Waals surface area contributed by atoms with Crippen LogP contribution < -0.4 is 11.3 Å². The van der Waals surface area contributed by atoms with Gasteiger partial charge in [-0.3, -0.25) is 9.78 Å². The quantitative estimate of drug-likeness (QED) is 0.580. The molecule has 0 saturated carbocycles. The molecule has 0 aliphatic rings. The number of aryl methyl sites for hydroxylation is 2. The van der Waals surface area contributed by atoms with Gasteiger partial charge in [0.05, 0.1) is 6.33 Å². The van der Waals surface area contributed by atoms with E-state index in [1.807, 2.05) is 22.8 Å². The molecule has 26 heavy (non-hydrogen) atoms. The predicted molar refractivity (Wildman–Crippen MR) is 105 cm³/mol. The first-order valence-corrected chi connectivity index (χ1v) is 8.06. The number of anilines is 1. The molecule has 0 spiro atoms. The van der Waals surface area contributed by atoms with E-state index in [1.165, 1.54) is 16.7 Å². The van der Waals surface area contributed by atoms with Crippen molar-refractivity contribution in [1.82, 2.24) is 19.5 Å². The van der Waals surface area contributed by atoms with Crippen LogP contribution in [-0.4, -0.2) is 19.5 Å². The van der Waals surface area contributed by atoms with Crippen LogP contribution in [0.5, 0.6) is 0 Å². The molecule has 0 aliphatic carbocycles. The van der Waals surface area contributed by atoms with Gasteiger partial charge in [0.25, 0.3) is 5.56 Å². The Morgan fingerprint density at radius 3 is 2.42 bits per heavy atom. The van der Waals surface area contributed by atoms with E-state index >= 15 is 0 Å². The fourth-order valence-corrected chi connectivity index (χ4v) is 2.88. The number of hydrogen-bond acceptors (Lipinski definition) is 4. The highest BCUT2D eigenvalue weighted by Gasteiger charge is 2.09. The van der Waals surface area contributed by atoms with E-state index in [1.54, 1.807) is 6.33 Å². The van der Waals surface area contributed by atoms with E-state index < -0.39 is 0 Å². The number of nitrogen functional groups attached to an aromatic ring is 1. The smallest absolute Gasteiger partial charge is 0.280 e. The molecule has 0 saturated heterocycles. The molecular weight excluding hydrogens is 350 g/mol. The number of aromatic amines is 1. The van der Waals surface area contributed by atoms with E-state index in [-0.39, 0.29) is 23.9 Å². The molecule has 2 aromatic carbocycles. The van der Waals surface area contributed by atoms with Crippen LogP contribution in [-0.2, 0) is 13.0 Å². The number of benzene rings is 2. The summed E-state index contributed by atoms with van der Waals surface area (Å²) in [6, 6.07) is 18.8. The average molecular weight is 368 g/mol. The second-order valence-electron chi connectivity index (χ2n) is 5.87. The zero-order chi connectivity index (χ0) is 17.2. The van der Waals surface area contributed by atoms with Crippen molar-refractivity contribution < 1.29 is 0 Å². The molecule has 0 amide bonds. The van der Waals surface area contributed by atoms with Gasteiger partial charge in [-0.1, -0.05) is 54.6 Å². The van der Waals surface area contributed by atoms with Gasteiger partial charge in [-0.25, -0.2) is 4.98 Å². The van der Waals surface area contributed by atoms with Crippen LogP contribution in [0.1, 0.15) is 5.56 Å². The van der Waals surface area contributed by atoms with Crippen LogP contribution in [0.3, 0.4) is 0 Å². The summed E-state index contributed by atoms with van der Waals surface area (Å²) >= 11 is 0. The third kappa shape index (κ3) is 3.45. The van der Waals surface area contributed by atoms with Gasteiger partial charge in [-0.05, 0) is 23.1 Å². The maximum absolute atomic E-state index is 11.8. The minimum absolute atomic E-state index is 0. The number of rotatable bonds is 4. The van der Waals surface area contributed by atoms with Crippen LogP contribution >= 0.6 is 12.4 Å². The highest BCUT2D eigenvalue weighted by atomic mass is 35.5. The lowest BCUT2D eigenvalue weighted by molar-refractivity contribution is 0.709. The second-order valence-corrected chi connectivity index (χ2v) is 5.87. The van der Waals surface area contributed by atoms with Gasteiger partial charge in [0.2, 0.25) is 5.95 Å². The van der Waals surface area contributed by atoms with E-state index in [0.717, 1.165) is 6.42 Å². The fourth-order valence-electron chi connectivity index (χ4n) is 2.88. The molecule has 4 aromatic rings. The predicted octanol–water partition coefficient (Wildman–Crippen LogP) is 3.03. The number of imidazole rings is 1. The molecule has 6 nitrogen and oxygen atoms in total. The molecule has 0 radical (unpaired) electrons. The molecule has 0 bridgehead atoms. The van der Waals surface area contributed by atoms with Gasteiger partial charge >= 0.3 is 0 Å². The second kappa shape index (κ2) is 7.41. The van der Waals surface area contributed by atoms with Crippen LogP contribution in [0.2, 0.25) is 0 Å². The molecule has 4 rings (SSSR count). The van der Waals surface area contributed by atoms with E-state index in [0.29, 0.717) is 17.7 Å². The summed E-state index contributed by atoms with van der Waals surface area (Å²) in [5, 5.41) is 0. The lowest BCUT2D eigenvalue weighted by atomic mass is 10.0. The summed E-state index contributed by atoms with van der Waals surface area (Å²) in [6.45, 7) is 0.678. The fraction of sp³-hybridized carbons (Fsp3) is 0.105. The molecule has 2 heterocycles. The largest absolute Gasteiger partial charge is 0.369 e. The van der Waals surface area contributed by atoms with Crippen molar-refractivity contribution in [2.45, 2.75) is 13.0 Å². The molecule has 0 atom stereocenters. The van der Waals surface area contributed by atoms with Crippen molar-refractivity contribution >= 4 is 29.5 Å². The highest BCUT2D eigenvalue weighted by molar-refractivity contribution is 5.85. The Morgan fingerprint density at radius 2 is 1.69 bits per heavy atom. The maximum atomic E-state index is 11.8. The zero-order valence-electron chi connectivity index (χ0n) is 13.9. The summed E-state index contributed by atoms with van der Waals surface area (Å²) in [7, 11) is 0. The van der Waals surface area contributed by atoms with Gasteiger partial charge in [-0.2, -0.15) is 4.98 Å². The molecule has 0 fully saturated rings. The summed E-state index contributed by atoms with van der Waals surface area (Å²) in [6.07, 6.45) is 2.44. The van der Waals surface area contributed by atoms with Crippen molar-refractivity contribution in [2.75, 3.05) is 5.73 Å². The monoisotopic (exact) mass is 367 g/mol. The number of halogens is 1. The summed E-state index contributed by atoms with van der Waals surface area (Å²) in [4.78, 5) is 22.6. The number of H-pyrrole nitrogens is 1. The molecular formula is C19H18ClN5O. The Labute approximate surface area is 156 Å². The molecule has 0 unspecified atom stereocenters. The standard InChI is InChI=1S/C19H17N5O.ClH/c20-19-22-17-16(18(25)23-19)21-12-24(17)11-10-13-6-8-15(9-7-13)14-4-2-1-3-5-14;/h1-9,12H,10-11H2,(H3,20,22,23,25);1H. The minimum Gasteiger partial charge on any atom is -0.369 e. The van der Waals surface area contributed by atoms with Crippen molar-refractivity contribution in [1.29, 1.82) is 0 Å². The normalized spacial score (nSPS) is 10.6. The number of nitrogens with two attached hydrogens (primary N) is 1. The topological polar surface area (TPSA) is 89.6 Å². The summed E-state index contributed by atoms with van der Waals surface area (Å²) in [5.74, 6) is 0.103. The van der Waals surface area contributed by atoms with Gasteiger partial charge in [-0.15, -0.1) is 12.4 Å². The van der Waals surface area contributed by atoms with E-state index in [4.69, 9.17) is 5.73 Å². The molecule has 132 valence electrons. The lowest BCUT2D eigenvalue weighted by Gasteiger charge is -2.06. The molecule has 3 N–H and O–H groups in total. The maximum Gasteiger partial charge on any atom is 0.280 e. The van der Waals surface area contributed by atoms with Gasteiger partial charge < -0.3 is 10.3 Å². The Kier molecular flexibility index (Phi) is 5.04. The van der Waals surface area contributed by atoms with Crippen molar-refractivity contribution in [2.24, 2.45) is 0 Å². The van der Waals surface area contributed by atoms with Crippen molar-refractivity contribution in [3.63, 3.8) is 0 Å². The molecule has 7 heteroatoms. The molecule has 0 aliphatic heterocycles. The van der Waals surface area contributed by atoms with Crippen LogP contribution in [0.15, 0.2) is 65.7 Å². The summed E-state index contributed by atoms with van der Waals surface area (Å²) in [5.41, 5.74) is 9.75. The van der Waals surface area contributed by atoms with Crippen molar-refractivity contribution in [3.8, 4) is 11.1 Å². The number of aromatic nitrogens is 4. The first kappa shape index (κ1) is 17.7. The number of nitrogens with zero attached hydrogens (tertiary/aromatic N) is 3. The van der Waals surface area contributed by atoms with E-state index in [2.05, 4.69) is 51.4 Å². The number of hydrogen-bond donors (Lipinski definition) is 2. The number of nitrogens with one attached hydrogen (secondary N) is 1. The first-order chi connectivity index (χ1) is 12.2. The third-order valence-electron chi connectivity index (χ3n) is 4.20. The SMILES string of the molecule is Cl.Nc1nc2c(ncn2CCc2ccc(-c3ccccc3)cc2)c(=O)[nH]1. The Hall–Kier alpha value is -3.12. The minimum atomic E-state index is -0.312. The Morgan fingerprint density at radius 1 is 1.00 bits per heavy atom. The highest BCUT2D eigenvalue weighted by Crippen LogP contribution is 2.19. The van der Waals surface area contributed by atoms with Crippen LogP contribution in [0, 0.1) is 0 Å². The van der Waals surface area contributed by atoms with Gasteiger partial charge in [0, 0.05) is 6.54 Å².